The van der Waals surface area contributed by atoms with Gasteiger partial charge in [0.15, 0.2) is 0 Å². The van der Waals surface area contributed by atoms with E-state index in [9.17, 15) is 24.5 Å². The van der Waals surface area contributed by atoms with Gasteiger partial charge in [0.25, 0.3) is 11.6 Å². The van der Waals surface area contributed by atoms with Gasteiger partial charge < -0.3 is 23.8 Å². The van der Waals surface area contributed by atoms with Crippen molar-refractivity contribution in [3.05, 3.63) is 63.2 Å². The van der Waals surface area contributed by atoms with Crippen molar-refractivity contribution in [2.75, 3.05) is 34.5 Å². The van der Waals surface area contributed by atoms with Crippen LogP contribution in [0, 0.1) is 10.1 Å². The Bertz CT molecular complexity index is 1030. The Morgan fingerprint density at radius 2 is 1.55 bits per heavy atom. The number of nitro benzene ring substituents is 1. The molecule has 0 radical (unpaired) electrons. The van der Waals surface area contributed by atoms with E-state index in [1.165, 1.54) is 27.4 Å². The fraction of sp³-hybridized carbons (Fsp3) is 0.318. The van der Waals surface area contributed by atoms with Gasteiger partial charge in [-0.1, -0.05) is 0 Å². The van der Waals surface area contributed by atoms with Crippen LogP contribution in [-0.4, -0.2) is 62.2 Å². The number of non-ortho nitro benzene ring substituents is 1. The summed E-state index contributed by atoms with van der Waals surface area (Å²) >= 11 is 0. The minimum Gasteiger partial charge on any atom is -0.497 e. The SMILES string of the molecule is CCOC(=O)c1cc(C(=O)N(CC(=O)OC)Cc2cc(OC)cc(OC)c2)cc([N+](=O)[O-])c1. The summed E-state index contributed by atoms with van der Waals surface area (Å²) < 4.78 is 20.0. The maximum absolute atomic E-state index is 13.3. The first-order chi connectivity index (χ1) is 15.7. The highest BCUT2D eigenvalue weighted by atomic mass is 16.6. The first kappa shape index (κ1) is 25.1. The van der Waals surface area contributed by atoms with E-state index in [0.29, 0.717) is 17.1 Å². The summed E-state index contributed by atoms with van der Waals surface area (Å²) in [4.78, 5) is 49.2. The number of carbonyl (C=O) groups is 3. The van der Waals surface area contributed by atoms with Crippen LogP contribution in [0.1, 0.15) is 33.2 Å². The van der Waals surface area contributed by atoms with Gasteiger partial charge in [0.05, 0.1) is 38.4 Å². The molecule has 0 unspecified atom stereocenters. The molecule has 0 bridgehead atoms. The van der Waals surface area contributed by atoms with Crippen molar-refractivity contribution in [2.24, 2.45) is 0 Å². The summed E-state index contributed by atoms with van der Waals surface area (Å²) in [7, 11) is 4.11. The molecular weight excluding hydrogens is 436 g/mol. The number of nitrogens with zero attached hydrogens (tertiary/aromatic N) is 2. The zero-order valence-electron chi connectivity index (χ0n) is 18.7. The molecule has 0 atom stereocenters. The minimum atomic E-state index is -0.813. The molecule has 0 spiro atoms. The predicted octanol–water partition coefficient (Wildman–Crippen LogP) is 2.60. The Hall–Kier alpha value is -4.15. The number of benzene rings is 2. The lowest BCUT2D eigenvalue weighted by atomic mass is 10.1. The average Bonchev–Trinajstić information content (AvgIpc) is 2.82. The fourth-order valence-corrected chi connectivity index (χ4v) is 2.95. The highest BCUT2D eigenvalue weighted by Gasteiger charge is 2.24. The third-order valence-electron chi connectivity index (χ3n) is 4.51. The molecule has 176 valence electrons. The van der Waals surface area contributed by atoms with Crippen molar-refractivity contribution < 1.29 is 38.3 Å². The quantitative estimate of drug-likeness (QED) is 0.298. The summed E-state index contributed by atoms with van der Waals surface area (Å²) in [5, 5.41) is 11.4. The Morgan fingerprint density at radius 3 is 2.06 bits per heavy atom. The molecule has 0 fully saturated rings. The standard InChI is InChI=1S/C22H24N2O9/c1-5-33-22(27)16-8-15(9-17(10-16)24(28)29)21(26)23(13-20(25)32-4)12-14-6-18(30-2)11-19(7-14)31-3/h6-11H,5,12-13H2,1-4H3. The van der Waals surface area contributed by atoms with Gasteiger partial charge in [0.1, 0.15) is 18.0 Å². The van der Waals surface area contributed by atoms with Crippen LogP contribution in [0.2, 0.25) is 0 Å². The zero-order valence-corrected chi connectivity index (χ0v) is 18.7. The number of esters is 2. The Labute approximate surface area is 189 Å². The number of hydrogen-bond donors (Lipinski definition) is 0. The van der Waals surface area contributed by atoms with Gasteiger partial charge in [0, 0.05) is 30.3 Å². The fourth-order valence-electron chi connectivity index (χ4n) is 2.95. The zero-order chi connectivity index (χ0) is 24.5. The smallest absolute Gasteiger partial charge is 0.338 e. The van der Waals surface area contributed by atoms with Gasteiger partial charge in [-0.3, -0.25) is 19.7 Å². The number of hydrogen-bond acceptors (Lipinski definition) is 9. The van der Waals surface area contributed by atoms with Crippen LogP contribution >= 0.6 is 0 Å². The summed E-state index contributed by atoms with van der Waals surface area (Å²) in [6.07, 6.45) is 0. The molecule has 0 heterocycles. The average molecular weight is 460 g/mol. The Morgan fingerprint density at radius 1 is 0.939 bits per heavy atom. The van der Waals surface area contributed by atoms with E-state index in [1.807, 2.05) is 0 Å². The molecule has 0 aliphatic carbocycles. The second-order valence-corrected chi connectivity index (χ2v) is 6.70. The molecule has 11 heteroatoms. The lowest BCUT2D eigenvalue weighted by molar-refractivity contribution is -0.384. The summed E-state index contributed by atoms with van der Waals surface area (Å²) in [6, 6.07) is 8.18. The van der Waals surface area contributed by atoms with Crippen molar-refractivity contribution >= 4 is 23.5 Å². The van der Waals surface area contributed by atoms with E-state index in [4.69, 9.17) is 14.2 Å². The van der Waals surface area contributed by atoms with Crippen molar-refractivity contribution in [2.45, 2.75) is 13.5 Å². The number of ether oxygens (including phenoxy) is 4. The largest absolute Gasteiger partial charge is 0.497 e. The minimum absolute atomic E-state index is 0.0525. The number of rotatable bonds is 10. The lowest BCUT2D eigenvalue weighted by Gasteiger charge is -2.22. The van der Waals surface area contributed by atoms with Crippen molar-refractivity contribution in [1.29, 1.82) is 0 Å². The Balaban J connectivity index is 2.50. The molecule has 0 aliphatic heterocycles. The van der Waals surface area contributed by atoms with Crippen molar-refractivity contribution in [3.63, 3.8) is 0 Å². The molecule has 0 saturated heterocycles. The van der Waals surface area contributed by atoms with Crippen LogP contribution in [0.4, 0.5) is 5.69 Å². The summed E-state index contributed by atoms with van der Waals surface area (Å²) in [6.45, 7) is 1.13. The van der Waals surface area contributed by atoms with E-state index in [1.54, 1.807) is 25.1 Å². The van der Waals surface area contributed by atoms with Crippen molar-refractivity contribution in [1.82, 2.24) is 4.90 Å². The molecular formula is C22H24N2O9. The number of nitro groups is 1. The third-order valence-corrected chi connectivity index (χ3v) is 4.51. The highest BCUT2D eigenvalue weighted by molar-refractivity contribution is 6.00. The van der Waals surface area contributed by atoms with Crippen molar-refractivity contribution in [3.8, 4) is 11.5 Å². The number of amides is 1. The monoisotopic (exact) mass is 460 g/mol. The molecule has 1 amide bonds. The first-order valence-corrected chi connectivity index (χ1v) is 9.77. The van der Waals surface area contributed by atoms with E-state index in [-0.39, 0.29) is 24.3 Å². The van der Waals surface area contributed by atoms with E-state index < -0.39 is 35.0 Å². The molecule has 0 N–H and O–H groups in total. The van der Waals surface area contributed by atoms with Crippen LogP contribution in [0.3, 0.4) is 0 Å². The molecule has 0 aliphatic rings. The topological polar surface area (TPSA) is 135 Å². The third kappa shape index (κ3) is 6.66. The predicted molar refractivity (Wildman–Crippen MR) is 115 cm³/mol. The lowest BCUT2D eigenvalue weighted by Crippen LogP contribution is -2.36. The highest BCUT2D eigenvalue weighted by Crippen LogP contribution is 2.25. The van der Waals surface area contributed by atoms with Crippen LogP contribution < -0.4 is 9.47 Å². The van der Waals surface area contributed by atoms with Crippen LogP contribution in [0.15, 0.2) is 36.4 Å². The van der Waals surface area contributed by atoms with E-state index >= 15 is 0 Å². The summed E-state index contributed by atoms with van der Waals surface area (Å²) in [5.74, 6) is -1.30. The molecule has 2 rings (SSSR count). The maximum atomic E-state index is 13.3. The molecule has 33 heavy (non-hydrogen) atoms. The Kier molecular flexibility index (Phi) is 8.72. The van der Waals surface area contributed by atoms with Gasteiger partial charge in [-0.2, -0.15) is 0 Å². The van der Waals surface area contributed by atoms with Crippen LogP contribution in [-0.2, 0) is 20.8 Å². The molecule has 0 aromatic heterocycles. The van der Waals surface area contributed by atoms with E-state index in [0.717, 1.165) is 17.0 Å². The second kappa shape index (κ2) is 11.5. The molecule has 0 saturated carbocycles. The van der Waals surface area contributed by atoms with Gasteiger partial charge in [-0.05, 0) is 30.7 Å². The van der Waals surface area contributed by atoms with Gasteiger partial charge in [-0.25, -0.2) is 4.79 Å². The second-order valence-electron chi connectivity index (χ2n) is 6.70. The summed E-state index contributed by atoms with van der Waals surface area (Å²) in [5.41, 5.74) is -0.217. The normalized spacial score (nSPS) is 10.2. The van der Waals surface area contributed by atoms with Crippen LogP contribution in [0.5, 0.6) is 11.5 Å². The molecule has 11 nitrogen and oxygen atoms in total. The number of carbonyl (C=O) groups excluding carboxylic acids is 3. The van der Waals surface area contributed by atoms with Gasteiger partial charge in [0.2, 0.25) is 0 Å². The first-order valence-electron chi connectivity index (χ1n) is 9.77. The maximum Gasteiger partial charge on any atom is 0.338 e. The van der Waals surface area contributed by atoms with Crippen LogP contribution in [0.25, 0.3) is 0 Å². The van der Waals surface area contributed by atoms with E-state index in [2.05, 4.69) is 4.74 Å². The molecule has 2 aromatic carbocycles. The molecule has 2 aromatic rings. The number of methoxy groups -OCH3 is 3. The van der Waals surface area contributed by atoms with Gasteiger partial charge in [-0.15, -0.1) is 0 Å². The van der Waals surface area contributed by atoms with Gasteiger partial charge >= 0.3 is 11.9 Å².